The summed E-state index contributed by atoms with van der Waals surface area (Å²) in [7, 11) is 0. The first-order chi connectivity index (χ1) is 14.7. The maximum absolute atomic E-state index is 12.3. The van der Waals surface area contributed by atoms with Crippen molar-refractivity contribution < 1.29 is 23.9 Å². The molecular weight excluding hydrogens is 466 g/mol. The summed E-state index contributed by atoms with van der Waals surface area (Å²) in [6.45, 7) is 3.23. The minimum atomic E-state index is -0.757. The van der Waals surface area contributed by atoms with Crippen LogP contribution in [-0.4, -0.2) is 41.9 Å². The number of halogens is 1. The van der Waals surface area contributed by atoms with Gasteiger partial charge in [0.2, 0.25) is 5.91 Å². The minimum Gasteiger partial charge on any atom is -0.455 e. The summed E-state index contributed by atoms with van der Waals surface area (Å²) in [5, 5.41) is 3.79. The second-order valence-corrected chi connectivity index (χ2v) is 8.25. The molecule has 1 fully saturated rings. The van der Waals surface area contributed by atoms with E-state index in [9.17, 15) is 19.2 Å². The molecule has 162 valence electrons. The van der Waals surface area contributed by atoms with Crippen molar-refractivity contribution in [3.8, 4) is 0 Å². The Morgan fingerprint density at radius 3 is 2.65 bits per heavy atom. The molecule has 9 heteroatoms. The van der Waals surface area contributed by atoms with Crippen LogP contribution in [0.15, 0.2) is 46.9 Å². The second kappa shape index (κ2) is 9.74. The van der Waals surface area contributed by atoms with Crippen LogP contribution < -0.4 is 10.7 Å². The highest BCUT2D eigenvalue weighted by Crippen LogP contribution is 2.20. The maximum atomic E-state index is 12.3. The summed E-state index contributed by atoms with van der Waals surface area (Å²) in [6, 6.07) is 12.3. The third-order valence-electron chi connectivity index (χ3n) is 4.78. The number of nitrogens with one attached hydrogen (secondary N) is 2. The summed E-state index contributed by atoms with van der Waals surface area (Å²) in [5.74, 6) is -2.73. The molecule has 1 heterocycles. The van der Waals surface area contributed by atoms with Gasteiger partial charge in [0, 0.05) is 22.1 Å². The molecule has 3 amide bonds. The van der Waals surface area contributed by atoms with Crippen LogP contribution in [0.3, 0.4) is 0 Å². The number of hydrazine groups is 1. The third-order valence-corrected chi connectivity index (χ3v) is 5.28. The molecule has 2 aromatic rings. The Morgan fingerprint density at radius 2 is 1.94 bits per heavy atom. The number of hydrogen-bond acceptors (Lipinski definition) is 5. The van der Waals surface area contributed by atoms with Crippen molar-refractivity contribution in [3.05, 3.63) is 63.6 Å². The fourth-order valence-corrected chi connectivity index (χ4v) is 3.63. The molecule has 1 unspecified atom stereocenters. The van der Waals surface area contributed by atoms with E-state index in [0.29, 0.717) is 11.3 Å². The molecule has 8 nitrogen and oxygen atoms in total. The van der Waals surface area contributed by atoms with E-state index in [4.69, 9.17) is 4.74 Å². The van der Waals surface area contributed by atoms with Crippen molar-refractivity contribution in [3.63, 3.8) is 0 Å². The standard InChI is InChI=1S/C22H22BrN3O5/c1-13-4-3-5-15(8-13)21(29)25-26-11-16(10-20(26)28)22(30)31-12-19(27)24-18-7-6-17(23)9-14(18)2/h3-9,16H,10-12H2,1-2H3,(H,24,27)(H,25,29). The van der Waals surface area contributed by atoms with Gasteiger partial charge in [-0.25, -0.2) is 0 Å². The summed E-state index contributed by atoms with van der Waals surface area (Å²) in [4.78, 5) is 48.9. The predicted octanol–water partition coefficient (Wildman–Crippen LogP) is 2.74. The number of rotatable bonds is 6. The molecule has 0 saturated carbocycles. The molecule has 1 saturated heterocycles. The first kappa shape index (κ1) is 22.5. The molecule has 0 bridgehead atoms. The number of carbonyl (C=O) groups excluding carboxylic acids is 4. The quantitative estimate of drug-likeness (QED) is 0.609. The molecule has 31 heavy (non-hydrogen) atoms. The number of benzene rings is 2. The van der Waals surface area contributed by atoms with Gasteiger partial charge in [0.1, 0.15) is 0 Å². The van der Waals surface area contributed by atoms with Gasteiger partial charge in [0.25, 0.3) is 11.8 Å². The van der Waals surface area contributed by atoms with E-state index < -0.39 is 36.2 Å². The van der Waals surface area contributed by atoms with E-state index in [-0.39, 0.29) is 13.0 Å². The topological polar surface area (TPSA) is 105 Å². The van der Waals surface area contributed by atoms with Crippen LogP contribution in [0, 0.1) is 19.8 Å². The SMILES string of the molecule is Cc1cccc(C(=O)NN2CC(C(=O)OCC(=O)Nc3ccc(Br)cc3C)CC2=O)c1. The zero-order chi connectivity index (χ0) is 22.5. The Bertz CT molecular complexity index is 1040. The smallest absolute Gasteiger partial charge is 0.311 e. The van der Waals surface area contributed by atoms with Crippen LogP contribution in [0.4, 0.5) is 5.69 Å². The van der Waals surface area contributed by atoms with Gasteiger partial charge in [0.05, 0.1) is 12.5 Å². The monoisotopic (exact) mass is 487 g/mol. The van der Waals surface area contributed by atoms with Gasteiger partial charge in [-0.15, -0.1) is 0 Å². The number of nitrogens with zero attached hydrogens (tertiary/aromatic N) is 1. The average Bonchev–Trinajstić information content (AvgIpc) is 3.08. The molecule has 1 atom stereocenters. The van der Waals surface area contributed by atoms with Crippen LogP contribution in [0.25, 0.3) is 0 Å². The van der Waals surface area contributed by atoms with E-state index in [1.54, 1.807) is 30.3 Å². The zero-order valence-electron chi connectivity index (χ0n) is 17.1. The summed E-state index contributed by atoms with van der Waals surface area (Å²) >= 11 is 3.35. The Balaban J connectivity index is 1.49. The second-order valence-electron chi connectivity index (χ2n) is 7.33. The van der Waals surface area contributed by atoms with Crippen molar-refractivity contribution in [2.24, 2.45) is 5.92 Å². The Hall–Kier alpha value is -3.20. The van der Waals surface area contributed by atoms with Crippen LogP contribution in [-0.2, 0) is 19.1 Å². The molecule has 2 N–H and O–H groups in total. The van der Waals surface area contributed by atoms with Gasteiger partial charge in [-0.05, 0) is 49.7 Å². The fourth-order valence-electron chi connectivity index (χ4n) is 3.16. The summed E-state index contributed by atoms with van der Waals surface area (Å²) in [5.41, 5.74) is 5.32. The first-order valence-corrected chi connectivity index (χ1v) is 10.4. The lowest BCUT2D eigenvalue weighted by atomic mass is 10.1. The van der Waals surface area contributed by atoms with Gasteiger partial charge >= 0.3 is 5.97 Å². The van der Waals surface area contributed by atoms with E-state index >= 15 is 0 Å². The fraction of sp³-hybridized carbons (Fsp3) is 0.273. The normalized spacial score (nSPS) is 15.5. The molecular formula is C22H22BrN3O5. The highest BCUT2D eigenvalue weighted by atomic mass is 79.9. The van der Waals surface area contributed by atoms with Crippen molar-refractivity contribution in [2.45, 2.75) is 20.3 Å². The number of carbonyl (C=O) groups is 4. The van der Waals surface area contributed by atoms with Crippen molar-refractivity contribution >= 4 is 45.3 Å². The van der Waals surface area contributed by atoms with Crippen LogP contribution in [0.5, 0.6) is 0 Å². The summed E-state index contributed by atoms with van der Waals surface area (Å²) in [6.07, 6.45) is -0.0969. The molecule has 0 radical (unpaired) electrons. The van der Waals surface area contributed by atoms with Crippen LogP contribution in [0.2, 0.25) is 0 Å². The predicted molar refractivity (Wildman–Crippen MR) is 117 cm³/mol. The number of esters is 1. The molecule has 1 aliphatic heterocycles. The number of anilines is 1. The number of hydrogen-bond donors (Lipinski definition) is 2. The molecule has 1 aliphatic rings. The Labute approximate surface area is 188 Å². The van der Waals surface area contributed by atoms with E-state index in [1.165, 1.54) is 0 Å². The summed E-state index contributed by atoms with van der Waals surface area (Å²) < 4.78 is 5.96. The number of amides is 3. The first-order valence-electron chi connectivity index (χ1n) is 9.63. The Morgan fingerprint density at radius 1 is 1.16 bits per heavy atom. The third kappa shape index (κ3) is 5.91. The number of aryl methyl sites for hydroxylation is 2. The van der Waals surface area contributed by atoms with Crippen LogP contribution in [0.1, 0.15) is 27.9 Å². The molecule has 0 aromatic heterocycles. The molecule has 0 spiro atoms. The van der Waals surface area contributed by atoms with Crippen LogP contribution >= 0.6 is 15.9 Å². The van der Waals surface area contributed by atoms with Gasteiger partial charge < -0.3 is 10.1 Å². The zero-order valence-corrected chi connectivity index (χ0v) is 18.7. The average molecular weight is 488 g/mol. The van der Waals surface area contributed by atoms with Gasteiger partial charge in [-0.2, -0.15) is 0 Å². The lowest BCUT2D eigenvalue weighted by Crippen LogP contribution is -2.43. The van der Waals surface area contributed by atoms with Crippen molar-refractivity contribution in [1.29, 1.82) is 0 Å². The van der Waals surface area contributed by atoms with Gasteiger partial charge in [-0.3, -0.25) is 29.6 Å². The van der Waals surface area contributed by atoms with E-state index in [1.807, 2.05) is 26.0 Å². The van der Waals surface area contributed by atoms with Crippen molar-refractivity contribution in [2.75, 3.05) is 18.5 Å². The highest BCUT2D eigenvalue weighted by molar-refractivity contribution is 9.10. The Kier molecular flexibility index (Phi) is 7.06. The highest BCUT2D eigenvalue weighted by Gasteiger charge is 2.36. The maximum Gasteiger partial charge on any atom is 0.311 e. The van der Waals surface area contributed by atoms with Gasteiger partial charge in [0.15, 0.2) is 6.61 Å². The molecule has 0 aliphatic carbocycles. The van der Waals surface area contributed by atoms with E-state index in [0.717, 1.165) is 20.6 Å². The van der Waals surface area contributed by atoms with E-state index in [2.05, 4.69) is 26.7 Å². The van der Waals surface area contributed by atoms with Gasteiger partial charge in [-0.1, -0.05) is 33.6 Å². The lowest BCUT2D eigenvalue weighted by molar-refractivity contribution is -0.151. The molecule has 2 aromatic carbocycles. The largest absolute Gasteiger partial charge is 0.455 e. The minimum absolute atomic E-state index is 0.0112. The lowest BCUT2D eigenvalue weighted by Gasteiger charge is -2.17. The number of ether oxygens (including phenoxy) is 1. The van der Waals surface area contributed by atoms with Crippen molar-refractivity contribution in [1.82, 2.24) is 10.4 Å². The molecule has 3 rings (SSSR count).